The topological polar surface area (TPSA) is 41.8 Å². The maximum Gasteiger partial charge on any atom is 0.0662 e. The van der Waals surface area contributed by atoms with Gasteiger partial charge in [-0.15, -0.1) is 0 Å². The van der Waals surface area contributed by atoms with Crippen molar-refractivity contribution in [1.82, 2.24) is 4.98 Å². The van der Waals surface area contributed by atoms with E-state index in [2.05, 4.69) is 36.2 Å². The van der Waals surface area contributed by atoms with Gasteiger partial charge < -0.3 is 10.7 Å². The average Bonchev–Trinajstić information content (AvgIpc) is 2.87. The molecule has 120 valence electrons. The molecule has 2 aromatic carbocycles. The number of aromatic amines is 1. The lowest BCUT2D eigenvalue weighted by Gasteiger charge is -2.06. The number of hydrogen-bond acceptors (Lipinski definition) is 1. The highest BCUT2D eigenvalue weighted by Gasteiger charge is 2.15. The molecule has 3 aromatic rings. The van der Waals surface area contributed by atoms with E-state index in [9.17, 15) is 0 Å². The third kappa shape index (κ3) is 3.40. The van der Waals surface area contributed by atoms with Gasteiger partial charge >= 0.3 is 0 Å². The summed E-state index contributed by atoms with van der Waals surface area (Å²) in [6.45, 7) is 2.80. The van der Waals surface area contributed by atoms with Gasteiger partial charge in [-0.3, -0.25) is 0 Å². The average molecular weight is 347 g/mol. The lowest BCUT2D eigenvalue weighted by molar-refractivity contribution is 0.748. The third-order valence-electron chi connectivity index (χ3n) is 4.15. The zero-order chi connectivity index (χ0) is 16.4. The van der Waals surface area contributed by atoms with Crippen LogP contribution in [0, 0.1) is 6.92 Å². The second-order valence-electron chi connectivity index (χ2n) is 5.90. The SMILES string of the molecule is Cc1ccc(-c2[nH]c3c(Cl)cc(Cl)cc3c2CCCCN)cc1. The fourth-order valence-corrected chi connectivity index (χ4v) is 3.49. The highest BCUT2D eigenvalue weighted by molar-refractivity contribution is 6.38. The predicted octanol–water partition coefficient (Wildman–Crippen LogP) is 5.73. The van der Waals surface area contributed by atoms with Crippen molar-refractivity contribution in [2.45, 2.75) is 26.2 Å². The molecule has 1 aromatic heterocycles. The van der Waals surface area contributed by atoms with Gasteiger partial charge in [0, 0.05) is 16.1 Å². The van der Waals surface area contributed by atoms with E-state index >= 15 is 0 Å². The Morgan fingerprint density at radius 2 is 1.78 bits per heavy atom. The molecule has 2 nitrogen and oxygen atoms in total. The van der Waals surface area contributed by atoms with Crippen molar-refractivity contribution in [2.24, 2.45) is 5.73 Å². The molecular weight excluding hydrogens is 327 g/mol. The second kappa shape index (κ2) is 6.96. The molecule has 0 amide bonds. The van der Waals surface area contributed by atoms with Crippen LogP contribution < -0.4 is 5.73 Å². The van der Waals surface area contributed by atoms with Crippen LogP contribution in [0.1, 0.15) is 24.0 Å². The first-order valence-corrected chi connectivity index (χ1v) is 8.62. The number of fused-ring (bicyclic) bond motifs is 1. The Labute approximate surface area is 146 Å². The summed E-state index contributed by atoms with van der Waals surface area (Å²) < 4.78 is 0. The first kappa shape index (κ1) is 16.4. The first-order chi connectivity index (χ1) is 11.1. The van der Waals surface area contributed by atoms with Crippen molar-refractivity contribution in [3.05, 3.63) is 57.6 Å². The monoisotopic (exact) mass is 346 g/mol. The Hall–Kier alpha value is -1.48. The van der Waals surface area contributed by atoms with Gasteiger partial charge in [0.1, 0.15) is 0 Å². The Morgan fingerprint density at radius 3 is 2.48 bits per heavy atom. The standard InChI is InChI=1S/C19H20Cl2N2/c1-12-5-7-13(8-6-12)18-15(4-2-3-9-22)16-10-14(20)11-17(21)19(16)23-18/h5-8,10-11,23H,2-4,9,22H2,1H3. The predicted molar refractivity (Wildman–Crippen MR) is 100 cm³/mol. The number of H-pyrrole nitrogens is 1. The van der Waals surface area contributed by atoms with Crippen LogP contribution in [-0.2, 0) is 6.42 Å². The lowest BCUT2D eigenvalue weighted by Crippen LogP contribution is -1.99. The highest BCUT2D eigenvalue weighted by Crippen LogP contribution is 2.36. The molecule has 3 rings (SSSR count). The largest absolute Gasteiger partial charge is 0.353 e. The summed E-state index contributed by atoms with van der Waals surface area (Å²) >= 11 is 12.6. The quantitative estimate of drug-likeness (QED) is 0.569. The zero-order valence-corrected chi connectivity index (χ0v) is 14.6. The maximum atomic E-state index is 6.39. The van der Waals surface area contributed by atoms with Crippen molar-refractivity contribution in [3.8, 4) is 11.3 Å². The smallest absolute Gasteiger partial charge is 0.0662 e. The number of benzene rings is 2. The number of aromatic nitrogens is 1. The summed E-state index contributed by atoms with van der Waals surface area (Å²) in [5, 5.41) is 2.43. The van der Waals surface area contributed by atoms with E-state index in [0.29, 0.717) is 16.6 Å². The summed E-state index contributed by atoms with van der Waals surface area (Å²) in [5.41, 5.74) is 11.4. The van der Waals surface area contributed by atoms with Gasteiger partial charge in [-0.1, -0.05) is 53.0 Å². The van der Waals surface area contributed by atoms with Gasteiger partial charge in [-0.05, 0) is 56.0 Å². The van der Waals surface area contributed by atoms with Crippen LogP contribution in [-0.4, -0.2) is 11.5 Å². The molecule has 0 atom stereocenters. The summed E-state index contributed by atoms with van der Waals surface area (Å²) in [7, 11) is 0. The molecule has 0 aliphatic heterocycles. The fraction of sp³-hybridized carbons (Fsp3) is 0.263. The minimum Gasteiger partial charge on any atom is -0.353 e. The van der Waals surface area contributed by atoms with Crippen LogP contribution in [0.25, 0.3) is 22.2 Å². The van der Waals surface area contributed by atoms with Gasteiger partial charge in [0.05, 0.1) is 10.5 Å². The van der Waals surface area contributed by atoms with E-state index in [1.165, 1.54) is 16.7 Å². The minimum absolute atomic E-state index is 0.658. The molecule has 0 aliphatic rings. The molecule has 0 radical (unpaired) electrons. The molecule has 0 unspecified atom stereocenters. The summed E-state index contributed by atoms with van der Waals surface area (Å²) in [4.78, 5) is 3.50. The van der Waals surface area contributed by atoms with Crippen molar-refractivity contribution < 1.29 is 0 Å². The molecule has 0 saturated heterocycles. The number of rotatable bonds is 5. The summed E-state index contributed by atoms with van der Waals surface area (Å²) in [6, 6.07) is 12.3. The Bertz CT molecular complexity index is 819. The van der Waals surface area contributed by atoms with Gasteiger partial charge in [-0.2, -0.15) is 0 Å². The molecule has 23 heavy (non-hydrogen) atoms. The van der Waals surface area contributed by atoms with Crippen molar-refractivity contribution in [1.29, 1.82) is 0 Å². The number of hydrogen-bond donors (Lipinski definition) is 2. The number of nitrogens with one attached hydrogen (secondary N) is 1. The molecule has 3 N–H and O–H groups in total. The summed E-state index contributed by atoms with van der Waals surface area (Å²) in [5.74, 6) is 0. The lowest BCUT2D eigenvalue weighted by atomic mass is 10.00. The van der Waals surface area contributed by atoms with E-state index in [4.69, 9.17) is 28.9 Å². The first-order valence-electron chi connectivity index (χ1n) is 7.87. The van der Waals surface area contributed by atoms with Gasteiger partial charge in [-0.25, -0.2) is 0 Å². The highest BCUT2D eigenvalue weighted by atomic mass is 35.5. The number of halogens is 2. The fourth-order valence-electron chi connectivity index (χ4n) is 2.95. The van der Waals surface area contributed by atoms with Gasteiger partial charge in [0.25, 0.3) is 0 Å². The molecular formula is C19H20Cl2N2. The number of nitrogens with two attached hydrogens (primary N) is 1. The zero-order valence-electron chi connectivity index (χ0n) is 13.1. The molecule has 0 fully saturated rings. The summed E-state index contributed by atoms with van der Waals surface area (Å²) in [6.07, 6.45) is 3.01. The normalized spacial score (nSPS) is 11.3. The molecule has 0 bridgehead atoms. The third-order valence-corrected chi connectivity index (χ3v) is 4.67. The van der Waals surface area contributed by atoms with Crippen molar-refractivity contribution in [3.63, 3.8) is 0 Å². The van der Waals surface area contributed by atoms with Crippen LogP contribution >= 0.6 is 23.2 Å². The van der Waals surface area contributed by atoms with E-state index in [-0.39, 0.29) is 0 Å². The van der Waals surface area contributed by atoms with E-state index in [1.54, 1.807) is 6.07 Å². The van der Waals surface area contributed by atoms with Gasteiger partial charge in [0.2, 0.25) is 0 Å². The van der Waals surface area contributed by atoms with Crippen LogP contribution in [0.15, 0.2) is 36.4 Å². The van der Waals surface area contributed by atoms with Crippen LogP contribution in [0.2, 0.25) is 10.0 Å². The Balaban J connectivity index is 2.16. The van der Waals surface area contributed by atoms with E-state index in [0.717, 1.165) is 35.9 Å². The van der Waals surface area contributed by atoms with Gasteiger partial charge in [0.15, 0.2) is 0 Å². The second-order valence-corrected chi connectivity index (χ2v) is 6.74. The van der Waals surface area contributed by atoms with E-state index in [1.807, 2.05) is 6.07 Å². The molecule has 0 aliphatic carbocycles. The molecule has 4 heteroatoms. The molecule has 1 heterocycles. The Kier molecular flexibility index (Phi) is 4.96. The van der Waals surface area contributed by atoms with Crippen LogP contribution in [0.4, 0.5) is 0 Å². The van der Waals surface area contributed by atoms with Crippen LogP contribution in [0.5, 0.6) is 0 Å². The molecule has 0 saturated carbocycles. The minimum atomic E-state index is 0.658. The number of unbranched alkanes of at least 4 members (excludes halogenated alkanes) is 1. The number of aryl methyl sites for hydroxylation is 2. The molecule has 0 spiro atoms. The van der Waals surface area contributed by atoms with Crippen LogP contribution in [0.3, 0.4) is 0 Å². The van der Waals surface area contributed by atoms with Crippen molar-refractivity contribution in [2.75, 3.05) is 6.54 Å². The van der Waals surface area contributed by atoms with Crippen molar-refractivity contribution >= 4 is 34.1 Å². The maximum absolute atomic E-state index is 6.39. The van der Waals surface area contributed by atoms with E-state index < -0.39 is 0 Å². The Morgan fingerprint density at radius 1 is 1.04 bits per heavy atom.